The lowest BCUT2D eigenvalue weighted by molar-refractivity contribution is -0.136. The number of carbonyl (C=O) groups excluding carboxylic acids is 3. The van der Waals surface area contributed by atoms with Crippen LogP contribution >= 0.6 is 28.1 Å². The topological polar surface area (TPSA) is 115 Å². The van der Waals surface area contributed by atoms with Crippen LogP contribution in [0.4, 0.5) is 5.69 Å². The van der Waals surface area contributed by atoms with E-state index < -0.39 is 23.9 Å². The molecule has 0 radical (unpaired) electrons. The van der Waals surface area contributed by atoms with Gasteiger partial charge >= 0.3 is 11.9 Å². The van der Waals surface area contributed by atoms with Crippen molar-refractivity contribution in [3.63, 3.8) is 0 Å². The van der Waals surface area contributed by atoms with Crippen molar-refractivity contribution < 1.29 is 28.6 Å². The summed E-state index contributed by atoms with van der Waals surface area (Å²) in [7, 11) is 1.30. The van der Waals surface area contributed by atoms with Crippen LogP contribution in [0, 0.1) is 0 Å². The average Bonchev–Trinajstić information content (AvgIpc) is 2.83. The Bertz CT molecular complexity index is 1180. The third kappa shape index (κ3) is 6.58. The van der Waals surface area contributed by atoms with E-state index in [4.69, 9.17) is 26.4 Å². The molecule has 1 atom stereocenters. The number of thiocarbonyl (C=S) groups is 1. The highest BCUT2D eigenvalue weighted by molar-refractivity contribution is 9.10. The number of carbonyl (C=O) groups is 3. The van der Waals surface area contributed by atoms with Crippen molar-refractivity contribution in [1.29, 1.82) is 0 Å². The fraction of sp³-hybridized carbons (Fsp3) is 0.250. The predicted octanol–water partition coefficient (Wildman–Crippen LogP) is 3.61. The molecule has 3 N–H and O–H groups in total. The molecule has 0 bridgehead atoms. The second-order valence-electron chi connectivity index (χ2n) is 7.38. The highest BCUT2D eigenvalue weighted by Crippen LogP contribution is 2.35. The molecule has 0 saturated heterocycles. The normalized spacial score (nSPS) is 15.0. The summed E-state index contributed by atoms with van der Waals surface area (Å²) in [4.78, 5) is 36.8. The molecule has 35 heavy (non-hydrogen) atoms. The van der Waals surface area contributed by atoms with E-state index in [0.717, 1.165) is 4.47 Å². The molecule has 184 valence electrons. The fourth-order valence-electron chi connectivity index (χ4n) is 3.43. The van der Waals surface area contributed by atoms with Crippen LogP contribution in [0.3, 0.4) is 0 Å². The number of ether oxygens (including phenoxy) is 3. The van der Waals surface area contributed by atoms with Crippen molar-refractivity contribution in [2.24, 2.45) is 0 Å². The molecule has 0 aromatic heterocycles. The standard InChI is InChI=1S/C24H24BrN3O6S/c1-4-33-22(30)14-5-8-16(9-6-14)27-19(29)12-34-18-10-7-15(25)11-17(18)21-20(23(31)32-3)13(2)26-24(35)28-21/h5-11,21H,4,12H2,1-3H3,(H,27,29)(H2,26,28,35)/t21-/m1/s1. The molecule has 1 aliphatic heterocycles. The van der Waals surface area contributed by atoms with Crippen molar-refractivity contribution in [3.8, 4) is 5.75 Å². The Labute approximate surface area is 216 Å². The summed E-state index contributed by atoms with van der Waals surface area (Å²) in [6.45, 7) is 3.44. The van der Waals surface area contributed by atoms with Gasteiger partial charge in [0.05, 0.1) is 30.9 Å². The average molecular weight is 562 g/mol. The molecule has 2 aromatic carbocycles. The minimum absolute atomic E-state index is 0.280. The summed E-state index contributed by atoms with van der Waals surface area (Å²) < 4.78 is 16.5. The van der Waals surface area contributed by atoms with Crippen molar-refractivity contribution in [2.75, 3.05) is 25.6 Å². The molecule has 0 spiro atoms. The number of halogens is 1. The van der Waals surface area contributed by atoms with Crippen LogP contribution in [0.15, 0.2) is 58.2 Å². The molecule has 1 heterocycles. The third-order valence-electron chi connectivity index (χ3n) is 5.00. The monoisotopic (exact) mass is 561 g/mol. The maximum Gasteiger partial charge on any atom is 0.338 e. The predicted molar refractivity (Wildman–Crippen MR) is 137 cm³/mol. The van der Waals surface area contributed by atoms with Crippen molar-refractivity contribution >= 4 is 56.8 Å². The van der Waals surface area contributed by atoms with Crippen molar-refractivity contribution in [3.05, 3.63) is 69.3 Å². The number of hydrogen-bond donors (Lipinski definition) is 3. The van der Waals surface area contributed by atoms with E-state index in [1.54, 1.807) is 56.3 Å². The van der Waals surface area contributed by atoms with Gasteiger partial charge in [-0.15, -0.1) is 0 Å². The van der Waals surface area contributed by atoms with Gasteiger partial charge in [-0.1, -0.05) is 15.9 Å². The zero-order valence-corrected chi connectivity index (χ0v) is 21.7. The van der Waals surface area contributed by atoms with Crippen LogP contribution in [0.1, 0.15) is 35.8 Å². The largest absolute Gasteiger partial charge is 0.483 e. The van der Waals surface area contributed by atoms with Crippen LogP contribution in [-0.4, -0.2) is 43.3 Å². The Morgan fingerprint density at radius 3 is 2.49 bits per heavy atom. The molecule has 3 rings (SSSR count). The van der Waals surface area contributed by atoms with E-state index in [2.05, 4.69) is 31.9 Å². The number of allylic oxidation sites excluding steroid dienone is 1. The van der Waals surface area contributed by atoms with Gasteiger partial charge in [0.25, 0.3) is 5.91 Å². The molecule has 0 aliphatic carbocycles. The van der Waals surface area contributed by atoms with Crippen LogP contribution in [0.25, 0.3) is 0 Å². The van der Waals surface area contributed by atoms with Crippen molar-refractivity contribution in [2.45, 2.75) is 19.9 Å². The zero-order chi connectivity index (χ0) is 25.5. The lowest BCUT2D eigenvalue weighted by Crippen LogP contribution is -2.45. The van der Waals surface area contributed by atoms with Gasteiger partial charge in [0.1, 0.15) is 5.75 Å². The van der Waals surface area contributed by atoms with E-state index in [1.165, 1.54) is 7.11 Å². The lowest BCUT2D eigenvalue weighted by atomic mass is 9.95. The lowest BCUT2D eigenvalue weighted by Gasteiger charge is -2.30. The highest BCUT2D eigenvalue weighted by atomic mass is 79.9. The number of methoxy groups -OCH3 is 1. The van der Waals surface area contributed by atoms with Crippen LogP contribution in [0.5, 0.6) is 5.75 Å². The molecule has 1 aliphatic rings. The summed E-state index contributed by atoms with van der Waals surface area (Å²) in [5.74, 6) is -0.975. The molecule has 0 unspecified atom stereocenters. The fourth-order valence-corrected chi connectivity index (χ4v) is 4.08. The SMILES string of the molecule is CCOC(=O)c1ccc(NC(=O)COc2ccc(Br)cc2[C@H]2NC(=S)NC(C)=C2C(=O)OC)cc1. The Morgan fingerprint density at radius 1 is 1.11 bits per heavy atom. The van der Waals surface area contributed by atoms with E-state index in [0.29, 0.717) is 38.9 Å². The molecular formula is C24H24BrN3O6S. The Kier molecular flexibility index (Phi) is 8.83. The maximum atomic E-state index is 12.5. The quantitative estimate of drug-likeness (QED) is 0.328. The Hall–Kier alpha value is -3.44. The summed E-state index contributed by atoms with van der Waals surface area (Å²) >= 11 is 8.72. The second-order valence-corrected chi connectivity index (χ2v) is 8.70. The van der Waals surface area contributed by atoms with Gasteiger partial charge in [-0.2, -0.15) is 0 Å². The molecule has 2 aromatic rings. The molecule has 9 nitrogen and oxygen atoms in total. The van der Waals surface area contributed by atoms with E-state index in [-0.39, 0.29) is 13.2 Å². The van der Waals surface area contributed by atoms with Gasteiger partial charge in [-0.25, -0.2) is 9.59 Å². The number of amides is 1. The number of nitrogens with one attached hydrogen (secondary N) is 3. The second kappa shape index (κ2) is 11.8. The first-order valence-corrected chi connectivity index (χ1v) is 11.8. The summed E-state index contributed by atoms with van der Waals surface area (Å²) in [6.07, 6.45) is 0. The van der Waals surface area contributed by atoms with Crippen LogP contribution in [-0.2, 0) is 19.1 Å². The molecule has 1 amide bonds. The van der Waals surface area contributed by atoms with Gasteiger partial charge in [-0.05, 0) is 68.5 Å². The first-order valence-electron chi connectivity index (χ1n) is 10.6. The third-order valence-corrected chi connectivity index (χ3v) is 5.71. The summed E-state index contributed by atoms with van der Waals surface area (Å²) in [5, 5.41) is 9.06. The van der Waals surface area contributed by atoms with Gasteiger partial charge in [0, 0.05) is 21.4 Å². The molecular weight excluding hydrogens is 538 g/mol. The van der Waals surface area contributed by atoms with Gasteiger partial charge in [0.2, 0.25) is 0 Å². The van der Waals surface area contributed by atoms with Gasteiger partial charge in [0.15, 0.2) is 11.7 Å². The number of rotatable bonds is 8. The first-order chi connectivity index (χ1) is 16.7. The van der Waals surface area contributed by atoms with Gasteiger partial charge in [-0.3, -0.25) is 4.79 Å². The molecule has 0 fully saturated rings. The van der Waals surface area contributed by atoms with E-state index >= 15 is 0 Å². The van der Waals surface area contributed by atoms with E-state index in [9.17, 15) is 14.4 Å². The number of anilines is 1. The summed E-state index contributed by atoms with van der Waals surface area (Å²) in [5.41, 5.74) is 2.38. The minimum Gasteiger partial charge on any atom is -0.483 e. The van der Waals surface area contributed by atoms with Crippen molar-refractivity contribution in [1.82, 2.24) is 10.6 Å². The first kappa shape index (κ1) is 26.2. The van der Waals surface area contributed by atoms with Crippen LogP contribution < -0.4 is 20.7 Å². The van der Waals surface area contributed by atoms with E-state index in [1.807, 2.05) is 0 Å². The van der Waals surface area contributed by atoms with Crippen LogP contribution in [0.2, 0.25) is 0 Å². The Balaban J connectivity index is 1.75. The van der Waals surface area contributed by atoms with Gasteiger partial charge < -0.3 is 30.2 Å². The Morgan fingerprint density at radius 2 is 1.83 bits per heavy atom. The maximum absolute atomic E-state index is 12.5. The number of hydrogen-bond acceptors (Lipinski definition) is 7. The number of esters is 2. The molecule has 0 saturated carbocycles. The smallest absolute Gasteiger partial charge is 0.338 e. The zero-order valence-electron chi connectivity index (χ0n) is 19.3. The summed E-state index contributed by atoms with van der Waals surface area (Å²) in [6, 6.07) is 10.9. The minimum atomic E-state index is -0.651. The molecule has 11 heteroatoms. The highest BCUT2D eigenvalue weighted by Gasteiger charge is 2.32. The number of benzene rings is 2.